The van der Waals surface area contributed by atoms with Crippen LogP contribution in [0.15, 0.2) is 17.0 Å². The second kappa shape index (κ2) is 5.47. The van der Waals surface area contributed by atoms with Crippen LogP contribution < -0.4 is 0 Å². The maximum atomic E-state index is 13.1. The monoisotopic (exact) mass is 325 g/mol. The maximum absolute atomic E-state index is 13.1. The van der Waals surface area contributed by atoms with E-state index in [1.54, 1.807) is 29.9 Å². The van der Waals surface area contributed by atoms with Crippen molar-refractivity contribution < 1.29 is 13.2 Å². The average Bonchev–Trinajstić information content (AvgIpc) is 3.20. The molecule has 0 N–H and O–H groups in total. The van der Waals surface area contributed by atoms with Gasteiger partial charge in [0.25, 0.3) is 0 Å². The topological polar surface area (TPSA) is 64.4 Å². The Morgan fingerprint density at radius 1 is 1.32 bits per heavy atom. The van der Waals surface area contributed by atoms with E-state index >= 15 is 0 Å². The minimum Gasteiger partial charge on any atom is -0.362 e. The quantitative estimate of drug-likeness (QED) is 0.792. The molecule has 0 saturated heterocycles. The van der Waals surface area contributed by atoms with Gasteiger partial charge >= 0.3 is 0 Å². The zero-order valence-corrected chi connectivity index (χ0v) is 14.2. The smallest absolute Gasteiger partial charge is 0.247 e. The van der Waals surface area contributed by atoms with E-state index in [0.717, 1.165) is 19.3 Å². The summed E-state index contributed by atoms with van der Waals surface area (Å²) in [5.74, 6) is 0. The molecule has 0 amide bonds. The first-order chi connectivity index (χ1) is 10.4. The summed E-state index contributed by atoms with van der Waals surface area (Å²) < 4.78 is 34.5. The van der Waals surface area contributed by atoms with E-state index in [1.807, 2.05) is 6.08 Å². The van der Waals surface area contributed by atoms with Crippen LogP contribution in [-0.4, -0.2) is 42.7 Å². The molecule has 1 aromatic rings. The summed E-state index contributed by atoms with van der Waals surface area (Å²) in [5.41, 5.74) is 1.34. The Morgan fingerprint density at radius 2 is 2.05 bits per heavy atom. The van der Waals surface area contributed by atoms with Crippen molar-refractivity contribution in [2.45, 2.75) is 44.7 Å². The van der Waals surface area contributed by atoms with Crippen LogP contribution in [0.5, 0.6) is 0 Å². The van der Waals surface area contributed by atoms with Crippen LogP contribution >= 0.6 is 0 Å². The predicted molar refractivity (Wildman–Crippen MR) is 82.9 cm³/mol. The molecule has 2 aliphatic rings. The molecule has 6 nitrogen and oxygen atoms in total. The minimum absolute atomic E-state index is 0.171. The number of aryl methyl sites for hydroxylation is 1. The number of ether oxygens (including phenoxy) is 1. The lowest BCUT2D eigenvalue weighted by Crippen LogP contribution is -2.35. The van der Waals surface area contributed by atoms with E-state index in [-0.39, 0.29) is 12.1 Å². The number of aromatic nitrogens is 2. The highest BCUT2D eigenvalue weighted by atomic mass is 32.2. The first-order valence-corrected chi connectivity index (χ1v) is 9.02. The molecule has 1 aromatic heterocycles. The number of hydrogen-bond acceptors (Lipinski definition) is 4. The molecule has 0 atom stereocenters. The third-order valence-electron chi connectivity index (χ3n) is 4.66. The number of rotatable bonds is 4. The van der Waals surface area contributed by atoms with E-state index in [2.05, 4.69) is 11.2 Å². The van der Waals surface area contributed by atoms with Crippen LogP contribution in [0.25, 0.3) is 0 Å². The third kappa shape index (κ3) is 2.61. The highest BCUT2D eigenvalue weighted by Gasteiger charge is 2.46. The van der Waals surface area contributed by atoms with Gasteiger partial charge in [-0.1, -0.05) is 12.2 Å². The first-order valence-electron chi connectivity index (χ1n) is 7.58. The molecule has 3 rings (SSSR count). The molecule has 122 valence electrons. The normalized spacial score (nSPS) is 21.2. The van der Waals surface area contributed by atoms with E-state index < -0.39 is 10.0 Å². The highest BCUT2D eigenvalue weighted by molar-refractivity contribution is 7.89. The first kappa shape index (κ1) is 15.7. The van der Waals surface area contributed by atoms with E-state index in [4.69, 9.17) is 4.74 Å². The van der Waals surface area contributed by atoms with Gasteiger partial charge in [0.2, 0.25) is 10.0 Å². The summed E-state index contributed by atoms with van der Waals surface area (Å²) >= 11 is 0. The highest BCUT2D eigenvalue weighted by Crippen LogP contribution is 2.51. The zero-order valence-electron chi connectivity index (χ0n) is 13.4. The van der Waals surface area contributed by atoms with Gasteiger partial charge in [-0.25, -0.2) is 13.1 Å². The number of hydrogen-bond donors (Lipinski definition) is 0. The molecular formula is C15H23N3O3S. The van der Waals surface area contributed by atoms with Gasteiger partial charge in [-0.05, 0) is 38.5 Å². The molecular weight excluding hydrogens is 302 g/mol. The third-order valence-corrected chi connectivity index (χ3v) is 6.72. The van der Waals surface area contributed by atoms with Gasteiger partial charge in [0.05, 0.1) is 11.4 Å². The van der Waals surface area contributed by atoms with Crippen molar-refractivity contribution in [3.8, 4) is 0 Å². The second-order valence-electron chi connectivity index (χ2n) is 6.39. The Bertz CT molecular complexity index is 702. The molecule has 7 heteroatoms. The molecule has 22 heavy (non-hydrogen) atoms. The molecule has 1 saturated carbocycles. The lowest BCUT2D eigenvalue weighted by atomic mass is 10.0. The van der Waals surface area contributed by atoms with Gasteiger partial charge in [-0.15, -0.1) is 0 Å². The fourth-order valence-corrected chi connectivity index (χ4v) is 5.06. The van der Waals surface area contributed by atoms with E-state index in [1.165, 1.54) is 0 Å². The van der Waals surface area contributed by atoms with Crippen molar-refractivity contribution in [1.82, 2.24) is 14.1 Å². The summed E-state index contributed by atoms with van der Waals surface area (Å²) in [5, 5.41) is 4.30. The Balaban J connectivity index is 1.97. The standard InChI is InChI=1S/C15H23N3O3S/c1-12-14(13(2)18(16-12)11-21-3)22(19,20)17-9-5-4-6-15(10-17)7-8-15/h4-5H,6-11H2,1-3H3. The summed E-state index contributed by atoms with van der Waals surface area (Å²) in [7, 11) is -1.96. The zero-order chi connectivity index (χ0) is 16.0. The van der Waals surface area contributed by atoms with Crippen LogP contribution in [0.4, 0.5) is 0 Å². The van der Waals surface area contributed by atoms with Crippen LogP contribution in [0.3, 0.4) is 0 Å². The van der Waals surface area contributed by atoms with Crippen molar-refractivity contribution >= 4 is 10.0 Å². The Morgan fingerprint density at radius 3 is 2.68 bits per heavy atom. The number of methoxy groups -OCH3 is 1. The Labute approximate surface area is 131 Å². The van der Waals surface area contributed by atoms with Crippen molar-refractivity contribution in [3.63, 3.8) is 0 Å². The summed E-state index contributed by atoms with van der Waals surface area (Å²) in [6, 6.07) is 0. The van der Waals surface area contributed by atoms with Gasteiger partial charge < -0.3 is 4.74 Å². The van der Waals surface area contributed by atoms with Crippen molar-refractivity contribution in [2.24, 2.45) is 5.41 Å². The number of nitrogens with zero attached hydrogens (tertiary/aromatic N) is 3. The molecule has 0 radical (unpaired) electrons. The van der Waals surface area contributed by atoms with Gasteiger partial charge in [0.15, 0.2) is 0 Å². The summed E-state index contributed by atoms with van der Waals surface area (Å²) in [4.78, 5) is 0.329. The fraction of sp³-hybridized carbons (Fsp3) is 0.667. The Hall–Kier alpha value is -1.18. The molecule has 1 aliphatic heterocycles. The number of sulfonamides is 1. The van der Waals surface area contributed by atoms with E-state index in [9.17, 15) is 8.42 Å². The fourth-order valence-electron chi connectivity index (χ4n) is 3.18. The molecule has 1 spiro atoms. The molecule has 0 unspecified atom stereocenters. The van der Waals surface area contributed by atoms with Crippen LogP contribution in [0, 0.1) is 19.3 Å². The van der Waals surface area contributed by atoms with Crippen LogP contribution in [0.1, 0.15) is 30.7 Å². The second-order valence-corrected chi connectivity index (χ2v) is 8.27. The minimum atomic E-state index is -3.53. The molecule has 0 aromatic carbocycles. The van der Waals surface area contributed by atoms with Gasteiger partial charge in [-0.2, -0.15) is 9.40 Å². The van der Waals surface area contributed by atoms with Gasteiger partial charge in [0, 0.05) is 20.2 Å². The van der Waals surface area contributed by atoms with Gasteiger partial charge in [-0.3, -0.25) is 0 Å². The molecule has 1 fully saturated rings. The SMILES string of the molecule is COCn1nc(C)c(S(=O)(=O)N2CC=CCC3(CC3)C2)c1C. The molecule has 2 heterocycles. The lowest BCUT2D eigenvalue weighted by molar-refractivity contribution is 0.118. The van der Waals surface area contributed by atoms with Crippen LogP contribution in [-0.2, 0) is 21.5 Å². The predicted octanol–water partition coefficient (Wildman–Crippen LogP) is 1.83. The van der Waals surface area contributed by atoms with Crippen molar-refractivity contribution in [3.05, 3.63) is 23.5 Å². The lowest BCUT2D eigenvalue weighted by Gasteiger charge is -2.23. The van der Waals surface area contributed by atoms with Gasteiger partial charge in [0.1, 0.15) is 11.6 Å². The van der Waals surface area contributed by atoms with Crippen molar-refractivity contribution in [2.75, 3.05) is 20.2 Å². The summed E-state index contributed by atoms with van der Waals surface area (Å²) in [6.45, 7) is 4.83. The largest absolute Gasteiger partial charge is 0.362 e. The summed E-state index contributed by atoms with van der Waals surface area (Å²) in [6.07, 6.45) is 7.31. The van der Waals surface area contributed by atoms with Crippen LogP contribution in [0.2, 0.25) is 0 Å². The van der Waals surface area contributed by atoms with Crippen molar-refractivity contribution in [1.29, 1.82) is 0 Å². The van der Waals surface area contributed by atoms with E-state index in [0.29, 0.717) is 29.4 Å². The average molecular weight is 325 g/mol. The maximum Gasteiger partial charge on any atom is 0.247 e. The molecule has 1 aliphatic carbocycles. The number of allylic oxidation sites excluding steroid dienone is 1. The molecule has 0 bridgehead atoms. The Kier molecular flexibility index (Phi) is 3.91.